The molecule has 187 valence electrons. The van der Waals surface area contributed by atoms with Crippen molar-refractivity contribution in [2.75, 3.05) is 13.2 Å². The molecule has 1 aliphatic heterocycles. The molecule has 2 amide bonds. The van der Waals surface area contributed by atoms with Gasteiger partial charge in [-0.25, -0.2) is 9.59 Å². The number of ether oxygens (including phenoxy) is 1. The summed E-state index contributed by atoms with van der Waals surface area (Å²) >= 11 is 0. The average Bonchev–Trinajstić information content (AvgIpc) is 3.46. The van der Waals surface area contributed by atoms with E-state index in [0.717, 1.165) is 39.1 Å². The fourth-order valence-corrected chi connectivity index (χ4v) is 4.85. The maximum absolute atomic E-state index is 12.4. The smallest absolute Gasteiger partial charge is 0.407 e. The third kappa shape index (κ3) is 5.18. The van der Waals surface area contributed by atoms with Crippen molar-refractivity contribution in [3.8, 4) is 11.1 Å². The van der Waals surface area contributed by atoms with E-state index in [9.17, 15) is 19.5 Å². The van der Waals surface area contributed by atoms with Crippen molar-refractivity contribution in [3.63, 3.8) is 0 Å². The van der Waals surface area contributed by atoms with E-state index in [0.29, 0.717) is 0 Å². The number of para-hydroxylation sites is 1. The number of rotatable bonds is 9. The van der Waals surface area contributed by atoms with Crippen molar-refractivity contribution in [2.45, 2.75) is 24.8 Å². The van der Waals surface area contributed by atoms with Crippen LogP contribution in [0, 0.1) is 0 Å². The Balaban J connectivity index is 1.09. The largest absolute Gasteiger partial charge is 0.480 e. The Hall–Kier alpha value is -4.59. The Morgan fingerprint density at radius 1 is 0.892 bits per heavy atom. The summed E-state index contributed by atoms with van der Waals surface area (Å²) in [6, 6.07) is 22.5. The van der Waals surface area contributed by atoms with E-state index in [1.165, 1.54) is 0 Å². The van der Waals surface area contributed by atoms with Gasteiger partial charge >= 0.3 is 12.1 Å². The second kappa shape index (κ2) is 10.6. The summed E-state index contributed by atoms with van der Waals surface area (Å²) in [5, 5.41) is 19.0. The van der Waals surface area contributed by atoms with E-state index in [1.807, 2.05) is 60.7 Å². The number of carbonyl (C=O) groups excluding carboxylic acids is 2. The highest BCUT2D eigenvalue weighted by atomic mass is 16.5. The fourth-order valence-electron chi connectivity index (χ4n) is 4.85. The first-order valence-corrected chi connectivity index (χ1v) is 12.1. The molecular formula is C29H26N3O5. The minimum atomic E-state index is -1.14. The molecule has 1 heterocycles. The number of benzene rings is 3. The van der Waals surface area contributed by atoms with Gasteiger partial charge in [0, 0.05) is 37.1 Å². The van der Waals surface area contributed by atoms with Crippen molar-refractivity contribution < 1.29 is 24.2 Å². The molecule has 3 aromatic carbocycles. The van der Waals surface area contributed by atoms with Crippen LogP contribution >= 0.6 is 0 Å². The normalized spacial score (nSPS) is 13.9. The van der Waals surface area contributed by atoms with Crippen LogP contribution in [0.15, 0.2) is 79.0 Å². The molecule has 0 bridgehead atoms. The summed E-state index contributed by atoms with van der Waals surface area (Å²) in [5.74, 6) is -1.67. The summed E-state index contributed by atoms with van der Waals surface area (Å²) in [5.41, 5.74) is 6.90. The SMILES string of the molecule is O=C(CCNC(=O)OCC1c2ccccc2-c2ccccc21)N[C@@H](CC1=C[N]c2ccccc21)C(=O)O. The molecule has 8 nitrogen and oxygen atoms in total. The third-order valence-corrected chi connectivity index (χ3v) is 6.63. The molecule has 37 heavy (non-hydrogen) atoms. The van der Waals surface area contributed by atoms with Crippen LogP contribution < -0.4 is 16.0 Å². The summed E-state index contributed by atoms with van der Waals surface area (Å²) in [7, 11) is 0. The van der Waals surface area contributed by atoms with Gasteiger partial charge in [-0.2, -0.15) is 0 Å². The molecule has 8 heteroatoms. The first-order valence-electron chi connectivity index (χ1n) is 12.1. The molecule has 2 aliphatic rings. The van der Waals surface area contributed by atoms with Crippen LogP contribution in [0.1, 0.15) is 35.4 Å². The number of hydrogen-bond acceptors (Lipinski definition) is 4. The molecule has 3 N–H and O–H groups in total. The van der Waals surface area contributed by atoms with Crippen LogP contribution in [0.25, 0.3) is 16.7 Å². The van der Waals surface area contributed by atoms with Gasteiger partial charge in [0.25, 0.3) is 0 Å². The van der Waals surface area contributed by atoms with Crippen LogP contribution in [0.2, 0.25) is 0 Å². The molecule has 0 aromatic heterocycles. The molecule has 3 aromatic rings. The van der Waals surface area contributed by atoms with Crippen molar-refractivity contribution in [3.05, 3.63) is 95.7 Å². The van der Waals surface area contributed by atoms with Crippen LogP contribution in [0.4, 0.5) is 10.5 Å². The lowest BCUT2D eigenvalue weighted by Gasteiger charge is -2.16. The lowest BCUT2D eigenvalue weighted by atomic mass is 9.98. The van der Waals surface area contributed by atoms with Gasteiger partial charge < -0.3 is 20.5 Å². The zero-order valence-electron chi connectivity index (χ0n) is 20.0. The fraction of sp³-hybridized carbons (Fsp3) is 0.207. The maximum Gasteiger partial charge on any atom is 0.407 e. The van der Waals surface area contributed by atoms with Crippen molar-refractivity contribution in [2.24, 2.45) is 0 Å². The number of alkyl carbamates (subject to hydrolysis) is 1. The molecule has 0 unspecified atom stereocenters. The Morgan fingerprint density at radius 2 is 1.51 bits per heavy atom. The number of aliphatic carboxylic acids is 1. The number of hydrogen-bond donors (Lipinski definition) is 3. The molecule has 1 radical (unpaired) electrons. The van der Waals surface area contributed by atoms with Crippen LogP contribution in [-0.2, 0) is 14.3 Å². The number of carboxylic acid groups (broad SMARTS) is 1. The van der Waals surface area contributed by atoms with E-state index >= 15 is 0 Å². The Bertz CT molecular complexity index is 1340. The zero-order chi connectivity index (χ0) is 25.8. The lowest BCUT2D eigenvalue weighted by Crippen LogP contribution is -2.42. The average molecular weight is 497 g/mol. The molecule has 0 saturated carbocycles. The summed E-state index contributed by atoms with van der Waals surface area (Å²) < 4.78 is 5.47. The van der Waals surface area contributed by atoms with E-state index in [1.54, 1.807) is 6.20 Å². The number of carbonyl (C=O) groups is 3. The van der Waals surface area contributed by atoms with Crippen LogP contribution in [0.3, 0.4) is 0 Å². The third-order valence-electron chi connectivity index (χ3n) is 6.63. The first-order chi connectivity index (χ1) is 18.0. The van der Waals surface area contributed by atoms with Gasteiger partial charge in [0.05, 0.1) is 5.69 Å². The monoisotopic (exact) mass is 496 g/mol. The standard InChI is InChI=1S/C29H26N3O5/c33-27(32-26(28(34)35)15-18-16-31-25-12-6-5-7-19(18)25)13-14-30-29(36)37-17-24-22-10-3-1-8-20(22)21-9-2-4-11-23(21)24/h1-12,16,24,26H,13-15,17H2,(H,30,36)(H,32,33)(H,34,35)/t26-/m0/s1. The maximum atomic E-state index is 12.4. The Labute approximate surface area is 214 Å². The van der Waals surface area contributed by atoms with Crippen LogP contribution in [-0.4, -0.2) is 42.3 Å². The molecule has 0 spiro atoms. The molecule has 1 aliphatic carbocycles. The molecule has 0 saturated heterocycles. The van der Waals surface area contributed by atoms with E-state index in [2.05, 4.69) is 28.1 Å². The highest BCUT2D eigenvalue weighted by Crippen LogP contribution is 2.44. The van der Waals surface area contributed by atoms with E-state index in [-0.39, 0.29) is 31.9 Å². The summed E-state index contributed by atoms with van der Waals surface area (Å²) in [4.78, 5) is 36.4. The van der Waals surface area contributed by atoms with Gasteiger partial charge in [-0.3, -0.25) is 10.1 Å². The lowest BCUT2D eigenvalue weighted by molar-refractivity contribution is -0.141. The molecule has 5 rings (SSSR count). The van der Waals surface area contributed by atoms with Gasteiger partial charge in [0.2, 0.25) is 5.91 Å². The molecule has 0 fully saturated rings. The first kappa shape index (κ1) is 24.1. The van der Waals surface area contributed by atoms with Gasteiger partial charge in [-0.1, -0.05) is 66.7 Å². The van der Waals surface area contributed by atoms with Crippen molar-refractivity contribution in [1.82, 2.24) is 16.0 Å². The Morgan fingerprint density at radius 3 is 2.19 bits per heavy atom. The van der Waals surface area contributed by atoms with E-state index < -0.39 is 24.0 Å². The van der Waals surface area contributed by atoms with Gasteiger partial charge in [0.1, 0.15) is 12.6 Å². The predicted octanol–water partition coefficient (Wildman–Crippen LogP) is 4.17. The number of fused-ring (bicyclic) bond motifs is 4. The zero-order valence-corrected chi connectivity index (χ0v) is 20.0. The van der Waals surface area contributed by atoms with Crippen molar-refractivity contribution in [1.29, 1.82) is 0 Å². The minimum absolute atomic E-state index is 0.0235. The van der Waals surface area contributed by atoms with Crippen LogP contribution in [0.5, 0.6) is 0 Å². The van der Waals surface area contributed by atoms with Gasteiger partial charge in [0.15, 0.2) is 0 Å². The Kier molecular flexibility index (Phi) is 6.89. The highest BCUT2D eigenvalue weighted by molar-refractivity contribution is 5.87. The second-order valence-corrected chi connectivity index (χ2v) is 8.97. The molecule has 1 atom stereocenters. The van der Waals surface area contributed by atoms with Crippen molar-refractivity contribution >= 4 is 29.2 Å². The number of amides is 2. The van der Waals surface area contributed by atoms with E-state index in [4.69, 9.17) is 4.74 Å². The summed E-state index contributed by atoms with van der Waals surface area (Å²) in [6.07, 6.45) is 1.04. The topological polar surface area (TPSA) is 119 Å². The highest BCUT2D eigenvalue weighted by Gasteiger charge is 2.29. The number of nitrogens with one attached hydrogen (secondary N) is 2. The predicted molar refractivity (Wildman–Crippen MR) is 138 cm³/mol. The number of nitrogens with zero attached hydrogens (tertiary/aromatic N) is 1. The quantitative estimate of drug-likeness (QED) is 0.411. The van der Waals surface area contributed by atoms with Gasteiger partial charge in [-0.15, -0.1) is 0 Å². The van der Waals surface area contributed by atoms with Gasteiger partial charge in [-0.05, 0) is 33.9 Å². The minimum Gasteiger partial charge on any atom is -0.480 e. The summed E-state index contributed by atoms with van der Waals surface area (Å²) in [6.45, 7) is 0.199. The number of carboxylic acids is 1. The molecular weight excluding hydrogens is 470 g/mol. The second-order valence-electron chi connectivity index (χ2n) is 8.97.